The average Bonchev–Trinajstić information content (AvgIpc) is 2.88. The molecule has 2 aliphatic heterocycles. The summed E-state index contributed by atoms with van der Waals surface area (Å²) in [6, 6.07) is 1.54. The Balaban J connectivity index is 0.00000176. The standard InChI is InChI=1S/C15H17F3N2O.ClH/c16-11-7-10(8-12(17)13(11)18)14(21)20-6-3-15(9-20)1-4-19-5-2-15;/h7-8,19H,1-6,9H2;1H. The Bertz CT molecular complexity index is 553. The predicted octanol–water partition coefficient (Wildman–Crippen LogP) is 2.74. The van der Waals surface area contributed by atoms with Gasteiger partial charge in [0.1, 0.15) is 0 Å². The Kier molecular flexibility index (Phi) is 5.02. The van der Waals surface area contributed by atoms with E-state index in [0.29, 0.717) is 13.1 Å². The van der Waals surface area contributed by atoms with E-state index in [2.05, 4.69) is 5.32 Å². The van der Waals surface area contributed by atoms with Gasteiger partial charge in [-0.1, -0.05) is 0 Å². The number of carbonyl (C=O) groups excluding carboxylic acids is 1. The molecule has 0 aromatic heterocycles. The summed E-state index contributed by atoms with van der Waals surface area (Å²) in [4.78, 5) is 14.0. The summed E-state index contributed by atoms with van der Waals surface area (Å²) < 4.78 is 39.4. The van der Waals surface area contributed by atoms with Crippen molar-refractivity contribution in [3.63, 3.8) is 0 Å². The Morgan fingerprint density at radius 1 is 1.09 bits per heavy atom. The van der Waals surface area contributed by atoms with E-state index in [9.17, 15) is 18.0 Å². The lowest BCUT2D eigenvalue weighted by Crippen LogP contribution is -2.39. The molecule has 122 valence electrons. The fourth-order valence-electron chi connectivity index (χ4n) is 3.34. The number of hydrogen-bond donors (Lipinski definition) is 1. The van der Waals surface area contributed by atoms with Gasteiger partial charge in [0.2, 0.25) is 0 Å². The molecule has 1 aromatic rings. The third-order valence-corrected chi connectivity index (χ3v) is 4.62. The summed E-state index contributed by atoms with van der Waals surface area (Å²) in [5, 5.41) is 3.29. The highest BCUT2D eigenvalue weighted by molar-refractivity contribution is 5.94. The molecule has 0 bridgehead atoms. The van der Waals surface area contributed by atoms with Gasteiger partial charge in [0.15, 0.2) is 17.5 Å². The highest BCUT2D eigenvalue weighted by atomic mass is 35.5. The van der Waals surface area contributed by atoms with E-state index < -0.39 is 23.4 Å². The molecule has 1 amide bonds. The van der Waals surface area contributed by atoms with Gasteiger partial charge in [-0.25, -0.2) is 13.2 Å². The van der Waals surface area contributed by atoms with Crippen LogP contribution in [-0.4, -0.2) is 37.0 Å². The quantitative estimate of drug-likeness (QED) is 0.801. The molecular formula is C15H18ClF3N2O. The van der Waals surface area contributed by atoms with Crippen LogP contribution in [0.2, 0.25) is 0 Å². The number of halogens is 4. The van der Waals surface area contributed by atoms with Crippen molar-refractivity contribution in [2.45, 2.75) is 19.3 Å². The van der Waals surface area contributed by atoms with Crippen molar-refractivity contribution in [3.05, 3.63) is 35.1 Å². The van der Waals surface area contributed by atoms with Gasteiger partial charge >= 0.3 is 0 Å². The minimum Gasteiger partial charge on any atom is -0.338 e. The molecule has 3 nitrogen and oxygen atoms in total. The molecule has 7 heteroatoms. The summed E-state index contributed by atoms with van der Waals surface area (Å²) in [6.07, 6.45) is 2.92. The number of amides is 1. The second-order valence-electron chi connectivity index (χ2n) is 5.98. The van der Waals surface area contributed by atoms with E-state index in [1.165, 1.54) is 0 Å². The largest absolute Gasteiger partial charge is 0.338 e. The predicted molar refractivity (Wildman–Crippen MR) is 78.6 cm³/mol. The first-order chi connectivity index (χ1) is 10.0. The summed E-state index contributed by atoms with van der Waals surface area (Å²) >= 11 is 0. The number of nitrogens with one attached hydrogen (secondary N) is 1. The van der Waals surface area contributed by atoms with E-state index in [4.69, 9.17) is 0 Å². The van der Waals surface area contributed by atoms with Crippen molar-refractivity contribution < 1.29 is 18.0 Å². The lowest BCUT2D eigenvalue weighted by atomic mass is 9.78. The molecule has 0 unspecified atom stereocenters. The molecule has 2 fully saturated rings. The molecular weight excluding hydrogens is 317 g/mol. The van der Waals surface area contributed by atoms with Crippen molar-refractivity contribution in [1.82, 2.24) is 10.2 Å². The molecule has 0 atom stereocenters. The smallest absolute Gasteiger partial charge is 0.254 e. The van der Waals surface area contributed by atoms with E-state index in [1.807, 2.05) is 0 Å². The third kappa shape index (κ3) is 3.08. The van der Waals surface area contributed by atoms with E-state index in [-0.39, 0.29) is 23.4 Å². The van der Waals surface area contributed by atoms with Crippen molar-refractivity contribution in [2.75, 3.05) is 26.2 Å². The SMILES string of the molecule is Cl.O=C(c1cc(F)c(F)c(F)c1)N1CCC2(CCNCC2)C1. The van der Waals surface area contributed by atoms with E-state index in [1.54, 1.807) is 4.90 Å². The second kappa shape index (κ2) is 6.46. The molecule has 0 aliphatic carbocycles. The van der Waals surface area contributed by atoms with Crippen LogP contribution in [0.3, 0.4) is 0 Å². The topological polar surface area (TPSA) is 32.3 Å². The molecule has 2 saturated heterocycles. The summed E-state index contributed by atoms with van der Waals surface area (Å²) in [7, 11) is 0. The van der Waals surface area contributed by atoms with Crippen molar-refractivity contribution in [1.29, 1.82) is 0 Å². The van der Waals surface area contributed by atoms with Crippen LogP contribution < -0.4 is 5.32 Å². The zero-order valence-corrected chi connectivity index (χ0v) is 12.8. The van der Waals surface area contributed by atoms with Gasteiger partial charge in [-0.3, -0.25) is 4.79 Å². The van der Waals surface area contributed by atoms with Crippen LogP contribution in [-0.2, 0) is 0 Å². The van der Waals surface area contributed by atoms with Crippen molar-refractivity contribution in [2.24, 2.45) is 5.41 Å². The van der Waals surface area contributed by atoms with Gasteiger partial charge in [-0.05, 0) is 49.9 Å². The molecule has 0 radical (unpaired) electrons. The van der Waals surface area contributed by atoms with Gasteiger partial charge in [0, 0.05) is 18.7 Å². The van der Waals surface area contributed by atoms with Crippen LogP contribution in [0.15, 0.2) is 12.1 Å². The molecule has 1 N–H and O–H groups in total. The van der Waals surface area contributed by atoms with Crippen LogP contribution in [0.4, 0.5) is 13.2 Å². The molecule has 0 saturated carbocycles. The summed E-state index contributed by atoms with van der Waals surface area (Å²) in [5.74, 6) is -4.62. The van der Waals surface area contributed by atoms with Crippen LogP contribution in [0.1, 0.15) is 29.6 Å². The highest BCUT2D eigenvalue weighted by Gasteiger charge is 2.40. The van der Waals surface area contributed by atoms with Crippen LogP contribution >= 0.6 is 12.4 Å². The lowest BCUT2D eigenvalue weighted by molar-refractivity contribution is 0.0760. The molecule has 1 spiro atoms. The molecule has 1 aromatic carbocycles. The minimum atomic E-state index is -1.54. The molecule has 2 aliphatic rings. The fraction of sp³-hybridized carbons (Fsp3) is 0.533. The van der Waals surface area contributed by atoms with E-state index >= 15 is 0 Å². The summed E-state index contributed by atoms with van der Waals surface area (Å²) in [6.45, 7) is 3.05. The normalized spacial score (nSPS) is 20.0. The number of carbonyl (C=O) groups is 1. The van der Waals surface area contributed by atoms with Gasteiger partial charge in [-0.15, -0.1) is 12.4 Å². The first kappa shape index (κ1) is 17.1. The van der Waals surface area contributed by atoms with Crippen LogP contribution in [0, 0.1) is 22.9 Å². The molecule has 3 rings (SSSR count). The number of hydrogen-bond acceptors (Lipinski definition) is 2. The number of rotatable bonds is 1. The van der Waals surface area contributed by atoms with Gasteiger partial charge in [-0.2, -0.15) is 0 Å². The first-order valence-electron chi connectivity index (χ1n) is 7.15. The number of benzene rings is 1. The average molecular weight is 335 g/mol. The van der Waals surface area contributed by atoms with E-state index in [0.717, 1.165) is 44.5 Å². The minimum absolute atomic E-state index is 0. The van der Waals surface area contributed by atoms with Gasteiger partial charge < -0.3 is 10.2 Å². The van der Waals surface area contributed by atoms with Crippen LogP contribution in [0.25, 0.3) is 0 Å². The van der Waals surface area contributed by atoms with Crippen molar-refractivity contribution in [3.8, 4) is 0 Å². The summed E-state index contributed by atoms with van der Waals surface area (Å²) in [5.41, 5.74) is -0.00438. The zero-order chi connectivity index (χ0) is 15.0. The molecule has 2 heterocycles. The maximum Gasteiger partial charge on any atom is 0.254 e. The maximum atomic E-state index is 13.2. The monoisotopic (exact) mass is 334 g/mol. The van der Waals surface area contributed by atoms with Crippen LogP contribution in [0.5, 0.6) is 0 Å². The Labute approximate surface area is 133 Å². The molecule has 22 heavy (non-hydrogen) atoms. The number of likely N-dealkylation sites (tertiary alicyclic amines) is 1. The number of nitrogens with zero attached hydrogens (tertiary/aromatic N) is 1. The Hall–Kier alpha value is -1.27. The van der Waals surface area contributed by atoms with Gasteiger partial charge in [0.25, 0.3) is 5.91 Å². The number of piperidine rings is 1. The lowest BCUT2D eigenvalue weighted by Gasteiger charge is -2.33. The Morgan fingerprint density at radius 2 is 1.68 bits per heavy atom. The first-order valence-corrected chi connectivity index (χ1v) is 7.15. The zero-order valence-electron chi connectivity index (χ0n) is 12.0. The Morgan fingerprint density at radius 3 is 2.27 bits per heavy atom. The fourth-order valence-corrected chi connectivity index (χ4v) is 3.34. The second-order valence-corrected chi connectivity index (χ2v) is 5.98. The maximum absolute atomic E-state index is 13.2. The van der Waals surface area contributed by atoms with Crippen molar-refractivity contribution >= 4 is 18.3 Å². The highest BCUT2D eigenvalue weighted by Crippen LogP contribution is 2.39. The third-order valence-electron chi connectivity index (χ3n) is 4.62. The van der Waals surface area contributed by atoms with Gasteiger partial charge in [0.05, 0.1) is 0 Å².